The summed E-state index contributed by atoms with van der Waals surface area (Å²) < 4.78 is 13.2. The van der Waals surface area contributed by atoms with E-state index in [9.17, 15) is 51.1 Å². The number of hydrogen-bond donors (Lipinski definition) is 10. The van der Waals surface area contributed by atoms with Gasteiger partial charge in [-0.15, -0.1) is 0 Å². The monoisotopic (exact) mass is 906 g/mol. The van der Waals surface area contributed by atoms with Crippen molar-refractivity contribution >= 4 is 12.2 Å². The first-order valence-electron chi connectivity index (χ1n) is 21.8. The van der Waals surface area contributed by atoms with Crippen LogP contribution in [0.1, 0.15) is 103 Å². The van der Waals surface area contributed by atoms with Crippen LogP contribution in [0.4, 0.5) is 0 Å². The molecule has 0 aromatic heterocycles. The molecule has 12 heteroatoms. The molecule has 11 rings (SSSR count). The molecule has 3 aliphatic rings. The van der Waals surface area contributed by atoms with Crippen molar-refractivity contribution in [2.24, 2.45) is 0 Å². The van der Waals surface area contributed by atoms with Crippen molar-refractivity contribution in [3.63, 3.8) is 0 Å². The van der Waals surface area contributed by atoms with Crippen LogP contribution in [0.25, 0.3) is 12.2 Å². The number of fused-ring (bicyclic) bond motifs is 3. The summed E-state index contributed by atoms with van der Waals surface area (Å²) >= 11 is 0. The molecule has 0 bridgehead atoms. The number of phenolic OH excluding ortho intramolecular Hbond substituents is 10. The van der Waals surface area contributed by atoms with E-state index in [2.05, 4.69) is 0 Å². The van der Waals surface area contributed by atoms with Crippen LogP contribution in [-0.2, 0) is 0 Å². The Morgan fingerprint density at radius 3 is 1.41 bits per heavy atom. The number of rotatable bonds is 7. The summed E-state index contributed by atoms with van der Waals surface area (Å²) in [4.78, 5) is 0. The van der Waals surface area contributed by atoms with Crippen LogP contribution in [0.15, 0.2) is 146 Å². The van der Waals surface area contributed by atoms with Gasteiger partial charge in [0.15, 0.2) is 0 Å². The van der Waals surface area contributed by atoms with Gasteiger partial charge in [-0.05, 0) is 123 Å². The predicted molar refractivity (Wildman–Crippen MR) is 251 cm³/mol. The molecule has 0 saturated carbocycles. The quantitative estimate of drug-likeness (QED) is 0.0675. The Balaban J connectivity index is 1.10. The van der Waals surface area contributed by atoms with Gasteiger partial charge < -0.3 is 60.5 Å². The largest absolute Gasteiger partial charge is 0.508 e. The Labute approximate surface area is 388 Å². The van der Waals surface area contributed by atoms with E-state index in [-0.39, 0.29) is 57.5 Å². The van der Waals surface area contributed by atoms with Crippen molar-refractivity contribution in [1.82, 2.24) is 0 Å². The van der Waals surface area contributed by atoms with Gasteiger partial charge in [0.25, 0.3) is 0 Å². The molecule has 338 valence electrons. The highest BCUT2D eigenvalue weighted by Gasteiger charge is 2.48. The molecular weight excluding hydrogens is 865 g/mol. The van der Waals surface area contributed by atoms with E-state index in [1.165, 1.54) is 60.7 Å². The SMILES string of the molecule is Oc1ccc(C2Oc3cc(O)cc(/C=C\c4ccc(O)c(C5c6cc(O)cc7c6C(c6cc(O)cc(O)c6C5c5ccc(O)cc5)C(c5ccc(O)cc5)O7)c4)c3C2c2cc(O)cc(O)c2)cc1. The van der Waals surface area contributed by atoms with E-state index in [0.29, 0.717) is 78.3 Å². The minimum atomic E-state index is -0.859. The zero-order valence-electron chi connectivity index (χ0n) is 35.8. The highest BCUT2D eigenvalue weighted by Crippen LogP contribution is 2.63. The van der Waals surface area contributed by atoms with Gasteiger partial charge in [0.1, 0.15) is 81.2 Å². The molecule has 2 aliphatic heterocycles. The van der Waals surface area contributed by atoms with E-state index in [4.69, 9.17) is 9.47 Å². The van der Waals surface area contributed by atoms with Crippen molar-refractivity contribution in [2.45, 2.75) is 35.9 Å². The average molecular weight is 907 g/mol. The molecule has 1 aliphatic carbocycles. The third-order valence-corrected chi connectivity index (χ3v) is 13.4. The van der Waals surface area contributed by atoms with Crippen LogP contribution < -0.4 is 9.47 Å². The van der Waals surface area contributed by atoms with E-state index >= 15 is 0 Å². The minimum absolute atomic E-state index is 0.00509. The molecule has 6 atom stereocenters. The maximum Gasteiger partial charge on any atom is 0.135 e. The van der Waals surface area contributed by atoms with Gasteiger partial charge in [-0.3, -0.25) is 0 Å². The number of ether oxygens (including phenoxy) is 2. The van der Waals surface area contributed by atoms with Crippen molar-refractivity contribution < 1.29 is 60.5 Å². The first-order valence-corrected chi connectivity index (χ1v) is 21.8. The fraction of sp³-hybridized carbons (Fsp3) is 0.107. The fourth-order valence-electron chi connectivity index (χ4n) is 10.6. The van der Waals surface area contributed by atoms with E-state index in [1.54, 1.807) is 97.1 Å². The first-order chi connectivity index (χ1) is 32.8. The Bertz CT molecular complexity index is 3310. The van der Waals surface area contributed by atoms with Crippen LogP contribution in [0.5, 0.6) is 69.0 Å². The highest BCUT2D eigenvalue weighted by atomic mass is 16.5. The number of phenols is 10. The lowest BCUT2D eigenvalue weighted by atomic mass is 9.72. The van der Waals surface area contributed by atoms with Gasteiger partial charge in [-0.2, -0.15) is 0 Å². The number of benzene rings is 8. The molecule has 0 spiro atoms. The fourth-order valence-corrected chi connectivity index (χ4v) is 10.6. The molecule has 0 amide bonds. The summed E-state index contributed by atoms with van der Waals surface area (Å²) in [5.74, 6) is -3.17. The van der Waals surface area contributed by atoms with Gasteiger partial charge in [0, 0.05) is 58.4 Å². The Kier molecular flexibility index (Phi) is 9.78. The summed E-state index contributed by atoms with van der Waals surface area (Å²) in [6, 6.07) is 38.0. The van der Waals surface area contributed by atoms with Crippen molar-refractivity contribution in [1.29, 1.82) is 0 Å². The lowest BCUT2D eigenvalue weighted by Gasteiger charge is -2.31. The van der Waals surface area contributed by atoms with E-state index in [1.807, 2.05) is 0 Å². The number of aromatic hydroxyl groups is 10. The van der Waals surface area contributed by atoms with E-state index < -0.39 is 35.9 Å². The summed E-state index contributed by atoms with van der Waals surface area (Å²) in [6.07, 6.45) is 2.15. The van der Waals surface area contributed by atoms with Crippen molar-refractivity contribution in [3.05, 3.63) is 212 Å². The van der Waals surface area contributed by atoms with Gasteiger partial charge in [-0.25, -0.2) is 0 Å². The molecule has 8 aromatic rings. The molecule has 0 radical (unpaired) electrons. The number of hydrogen-bond acceptors (Lipinski definition) is 12. The second kappa shape index (κ2) is 15.9. The van der Waals surface area contributed by atoms with Gasteiger partial charge >= 0.3 is 0 Å². The maximum atomic E-state index is 12.1. The summed E-state index contributed by atoms with van der Waals surface area (Å²) in [7, 11) is 0. The summed E-state index contributed by atoms with van der Waals surface area (Å²) in [5.41, 5.74) is 6.91. The van der Waals surface area contributed by atoms with E-state index in [0.717, 1.165) is 0 Å². The van der Waals surface area contributed by atoms with Crippen molar-refractivity contribution in [2.75, 3.05) is 0 Å². The van der Waals surface area contributed by atoms with Crippen LogP contribution in [0.2, 0.25) is 0 Å². The van der Waals surface area contributed by atoms with Crippen LogP contribution in [-0.4, -0.2) is 51.1 Å². The third kappa shape index (κ3) is 7.10. The topological polar surface area (TPSA) is 221 Å². The van der Waals surface area contributed by atoms with Gasteiger partial charge in [0.2, 0.25) is 0 Å². The Morgan fingerprint density at radius 2 is 0.809 bits per heavy atom. The lowest BCUT2D eigenvalue weighted by Crippen LogP contribution is -2.16. The van der Waals surface area contributed by atoms with Crippen molar-refractivity contribution in [3.8, 4) is 69.0 Å². The van der Waals surface area contributed by atoms with Gasteiger partial charge in [-0.1, -0.05) is 54.6 Å². The standard InChI is InChI=1S/C56H42O12/c57-33-10-4-28(5-11-33)49-51(42-23-40(64)26-47-53(42)54(43-22-39(63)24-45(66)52(43)49)56(68-47)30-8-14-35(59)15-9-30)41-17-27(2-16-44(41)65)1-3-31-18-38(62)25-46-48(31)50(32-19-36(60)21-37(61)20-32)55(67-46)29-6-12-34(58)13-7-29/h1-26,49-51,54-66H/b3-1-. The smallest absolute Gasteiger partial charge is 0.135 e. The Morgan fingerprint density at radius 1 is 0.309 bits per heavy atom. The molecule has 2 heterocycles. The molecule has 10 N–H and O–H groups in total. The zero-order chi connectivity index (χ0) is 47.1. The lowest BCUT2D eigenvalue weighted by molar-refractivity contribution is 0.221. The Hall–Kier alpha value is -8.90. The second-order valence-corrected chi connectivity index (χ2v) is 17.6. The summed E-state index contributed by atoms with van der Waals surface area (Å²) in [6.45, 7) is 0. The molecule has 0 saturated heterocycles. The molecule has 6 unspecified atom stereocenters. The predicted octanol–water partition coefficient (Wildman–Crippen LogP) is 10.7. The van der Waals surface area contributed by atoms with Crippen LogP contribution >= 0.6 is 0 Å². The minimum Gasteiger partial charge on any atom is -0.508 e. The van der Waals surface area contributed by atoms with Crippen LogP contribution in [0.3, 0.4) is 0 Å². The van der Waals surface area contributed by atoms with Gasteiger partial charge in [0.05, 0.1) is 11.8 Å². The third-order valence-electron chi connectivity index (χ3n) is 13.4. The average Bonchev–Trinajstić information content (AvgIpc) is 3.84. The normalized spacial score (nSPS) is 19.9. The second-order valence-electron chi connectivity index (χ2n) is 17.6. The summed E-state index contributed by atoms with van der Waals surface area (Å²) in [5, 5.41) is 110. The molecule has 68 heavy (non-hydrogen) atoms. The first kappa shape index (κ1) is 41.8. The molecule has 8 aromatic carbocycles. The maximum absolute atomic E-state index is 12.1. The zero-order valence-corrected chi connectivity index (χ0v) is 35.8. The highest BCUT2D eigenvalue weighted by molar-refractivity contribution is 5.77. The molecule has 12 nitrogen and oxygen atoms in total. The van der Waals surface area contributed by atoms with Crippen LogP contribution in [0, 0.1) is 0 Å². The molecule has 0 fully saturated rings. The molecular formula is C56H42O12.